The molecule has 0 bridgehead atoms. The zero-order valence-corrected chi connectivity index (χ0v) is 23.4. The normalized spacial score (nSPS) is 18.0. The van der Waals surface area contributed by atoms with Gasteiger partial charge in [0.05, 0.1) is 21.9 Å². The molecule has 0 saturated heterocycles. The number of carbonyl (C=O) groups is 1. The van der Waals surface area contributed by atoms with E-state index in [2.05, 4.69) is 41.5 Å². The molecular formula is C34H35O4+. The lowest BCUT2D eigenvalue weighted by Gasteiger charge is -2.29. The summed E-state index contributed by atoms with van der Waals surface area (Å²) in [6.07, 6.45) is 5.54. The van der Waals surface area contributed by atoms with Crippen molar-refractivity contribution < 1.29 is 19.1 Å². The van der Waals surface area contributed by atoms with Crippen molar-refractivity contribution in [2.24, 2.45) is 5.41 Å². The highest BCUT2D eigenvalue weighted by Crippen LogP contribution is 2.42. The summed E-state index contributed by atoms with van der Waals surface area (Å²) in [6.45, 7) is 16.6. The van der Waals surface area contributed by atoms with Crippen LogP contribution in [0.3, 0.4) is 0 Å². The minimum atomic E-state index is -0.213. The summed E-state index contributed by atoms with van der Waals surface area (Å²) in [4.78, 5) is 13.4. The summed E-state index contributed by atoms with van der Waals surface area (Å²) in [7, 11) is 0. The van der Waals surface area contributed by atoms with Crippen LogP contribution in [-0.4, -0.2) is 10.9 Å². The Morgan fingerprint density at radius 3 is 2.21 bits per heavy atom. The fourth-order valence-electron chi connectivity index (χ4n) is 4.65. The van der Waals surface area contributed by atoms with E-state index in [1.807, 2.05) is 62.4 Å². The predicted molar refractivity (Wildman–Crippen MR) is 154 cm³/mol. The maximum Gasteiger partial charge on any atom is 0.360 e. The lowest BCUT2D eigenvalue weighted by atomic mass is 9.82. The first-order chi connectivity index (χ1) is 17.7. The van der Waals surface area contributed by atoms with Gasteiger partial charge in [0.1, 0.15) is 17.3 Å². The number of aryl methyl sites for hydroxylation is 2. The number of fused-ring (bicyclic) bond motifs is 2. The highest BCUT2D eigenvalue weighted by atomic mass is 16.5. The molecular weight excluding hydrogens is 472 g/mol. The molecule has 0 unspecified atom stereocenters. The van der Waals surface area contributed by atoms with Crippen LogP contribution in [-0.2, 0) is 10.2 Å². The Morgan fingerprint density at radius 1 is 0.868 bits per heavy atom. The standard InChI is InChI=1S/C34H34O4/c1-19-9-11-27-23(13-19)21(17-29(37-27)33(3,4)5)15-25-31(35)26(32(25)36)16-22-18-30(34(6,7)8)38-28-12-10-20(2)14-24(22)28/h9-18H,1-8H3/p+1. The minimum Gasteiger partial charge on any atom is -0.506 e. The maximum atomic E-state index is 13.4. The van der Waals surface area contributed by atoms with E-state index >= 15 is 0 Å². The molecule has 0 radical (unpaired) electrons. The van der Waals surface area contributed by atoms with E-state index in [1.54, 1.807) is 12.2 Å². The number of hydrogen-bond donors (Lipinski definition) is 1. The first-order valence-corrected chi connectivity index (χ1v) is 13.0. The largest absolute Gasteiger partial charge is 0.506 e. The van der Waals surface area contributed by atoms with E-state index in [0.717, 1.165) is 56.1 Å². The average Bonchev–Trinajstić information content (AvgIpc) is 2.84. The van der Waals surface area contributed by atoms with Crippen molar-refractivity contribution in [2.45, 2.75) is 60.8 Å². The van der Waals surface area contributed by atoms with Crippen LogP contribution in [0.2, 0.25) is 0 Å². The topological polar surface area (TPSA) is 57.8 Å². The second kappa shape index (κ2) is 8.83. The van der Waals surface area contributed by atoms with Gasteiger partial charge in [-0.3, -0.25) is 4.79 Å². The molecule has 5 rings (SSSR count). The molecule has 38 heavy (non-hydrogen) atoms. The van der Waals surface area contributed by atoms with Gasteiger partial charge in [0, 0.05) is 28.7 Å². The molecule has 1 N–H and O–H groups in total. The van der Waals surface area contributed by atoms with Crippen LogP contribution >= 0.6 is 0 Å². The number of benzene rings is 2. The van der Waals surface area contributed by atoms with Crippen LogP contribution in [0.1, 0.15) is 69.6 Å². The number of hydrogen-bond acceptors (Lipinski definition) is 3. The summed E-state index contributed by atoms with van der Waals surface area (Å²) in [5.74, 6) is 2.20. The first-order valence-electron chi connectivity index (χ1n) is 13.0. The van der Waals surface area contributed by atoms with Crippen molar-refractivity contribution >= 4 is 28.4 Å². The van der Waals surface area contributed by atoms with E-state index < -0.39 is 0 Å². The predicted octanol–water partition coefficient (Wildman–Crippen LogP) is 8.81. The zero-order valence-electron chi connectivity index (χ0n) is 23.4. The van der Waals surface area contributed by atoms with Gasteiger partial charge in [0.2, 0.25) is 5.78 Å². The van der Waals surface area contributed by atoms with Crippen LogP contribution in [0.25, 0.3) is 22.6 Å². The van der Waals surface area contributed by atoms with Gasteiger partial charge in [-0.1, -0.05) is 32.4 Å². The number of ketones is 1. The van der Waals surface area contributed by atoms with Crippen molar-refractivity contribution in [1.82, 2.24) is 0 Å². The molecule has 1 aromatic heterocycles. The molecule has 4 heteroatoms. The van der Waals surface area contributed by atoms with E-state index in [0.29, 0.717) is 11.1 Å². The van der Waals surface area contributed by atoms with E-state index in [1.165, 1.54) is 0 Å². The molecule has 4 nitrogen and oxygen atoms in total. The van der Waals surface area contributed by atoms with Crippen molar-refractivity contribution in [3.8, 4) is 5.75 Å². The Hall–Kier alpha value is -3.92. The summed E-state index contributed by atoms with van der Waals surface area (Å²) >= 11 is 0. The van der Waals surface area contributed by atoms with Crippen molar-refractivity contribution in [3.63, 3.8) is 0 Å². The number of allylic oxidation sites excluding steroid dienone is 6. The third-order valence-corrected chi connectivity index (χ3v) is 6.98. The highest BCUT2D eigenvalue weighted by molar-refractivity contribution is 6.24. The van der Waals surface area contributed by atoms with Gasteiger partial charge in [0.25, 0.3) is 0 Å². The van der Waals surface area contributed by atoms with Gasteiger partial charge in [-0.25, -0.2) is 4.42 Å². The van der Waals surface area contributed by atoms with Crippen LogP contribution in [0, 0.1) is 19.3 Å². The molecule has 2 heterocycles. The van der Waals surface area contributed by atoms with Gasteiger partial charge >= 0.3 is 11.3 Å². The third-order valence-electron chi connectivity index (χ3n) is 6.98. The number of aliphatic hydroxyl groups excluding tert-OH is 1. The highest BCUT2D eigenvalue weighted by Gasteiger charge is 2.35. The molecule has 194 valence electrons. The lowest BCUT2D eigenvalue weighted by Crippen LogP contribution is -2.22. The number of carbonyl (C=O) groups excluding carboxylic acids is 1. The molecule has 3 aromatic rings. The number of aliphatic hydroxyl groups is 1. The molecule has 0 spiro atoms. The first kappa shape index (κ1) is 25.7. The fraction of sp³-hybridized carbons (Fsp3) is 0.294. The second-order valence-electron chi connectivity index (χ2n) is 12.4. The fourth-order valence-corrected chi connectivity index (χ4v) is 4.65. The van der Waals surface area contributed by atoms with Crippen LogP contribution in [0.15, 0.2) is 81.7 Å². The van der Waals surface area contributed by atoms with E-state index in [4.69, 9.17) is 9.15 Å². The quantitative estimate of drug-likeness (QED) is 0.278. The van der Waals surface area contributed by atoms with Gasteiger partial charge in [0.15, 0.2) is 0 Å². The molecule has 2 aromatic carbocycles. The second-order valence-corrected chi connectivity index (χ2v) is 12.4. The summed E-state index contributed by atoms with van der Waals surface area (Å²) < 4.78 is 12.4. The summed E-state index contributed by atoms with van der Waals surface area (Å²) in [6, 6.07) is 14.0. The van der Waals surface area contributed by atoms with Crippen molar-refractivity contribution in [1.29, 1.82) is 0 Å². The van der Waals surface area contributed by atoms with Gasteiger partial charge in [-0.15, -0.1) is 0 Å². The van der Waals surface area contributed by atoms with E-state index in [9.17, 15) is 9.90 Å². The molecule has 0 fully saturated rings. The van der Waals surface area contributed by atoms with Crippen molar-refractivity contribution in [3.05, 3.63) is 105 Å². The number of rotatable bonds is 2. The van der Waals surface area contributed by atoms with Gasteiger partial charge in [-0.05, 0) is 88.2 Å². The summed E-state index contributed by atoms with van der Waals surface area (Å²) in [5, 5.41) is 12.0. The third kappa shape index (κ3) is 4.60. The van der Waals surface area contributed by atoms with Crippen LogP contribution < -0.4 is 4.74 Å². The summed E-state index contributed by atoms with van der Waals surface area (Å²) in [5.41, 5.74) is 5.73. The Labute approximate surface area is 224 Å². The van der Waals surface area contributed by atoms with Gasteiger partial charge in [-0.2, -0.15) is 0 Å². The van der Waals surface area contributed by atoms with Crippen LogP contribution in [0.5, 0.6) is 5.75 Å². The number of Topliss-reactive ketones (excluding diaryl/α,β-unsaturated/α-hetero) is 1. The lowest BCUT2D eigenvalue weighted by molar-refractivity contribution is -0.113. The SMILES string of the molecule is Cc1ccc2c(c1)C(=CC1=C(O)C(=Cc3cc(C(C)(C)C)[o+]c4ccc(C)cc34)C1=O)C=C(C(C)(C)C)O2. The molecule has 0 amide bonds. The maximum absolute atomic E-state index is 13.4. The Bertz CT molecular complexity index is 1630. The number of ether oxygens (including phenoxy) is 1. The average molecular weight is 508 g/mol. The Balaban J connectivity index is 1.63. The monoisotopic (exact) mass is 507 g/mol. The van der Waals surface area contributed by atoms with Crippen LogP contribution in [0.4, 0.5) is 0 Å². The molecule has 0 atom stereocenters. The molecule has 0 saturated carbocycles. The minimum absolute atomic E-state index is 0.00723. The Morgan fingerprint density at radius 2 is 1.55 bits per heavy atom. The molecule has 2 aliphatic rings. The Kier molecular flexibility index (Phi) is 5.98. The van der Waals surface area contributed by atoms with Gasteiger partial charge < -0.3 is 9.84 Å². The molecule has 1 aliphatic carbocycles. The van der Waals surface area contributed by atoms with Crippen molar-refractivity contribution in [2.75, 3.05) is 0 Å². The smallest absolute Gasteiger partial charge is 0.360 e. The zero-order chi connectivity index (χ0) is 27.6. The molecule has 1 aliphatic heterocycles. The van der Waals surface area contributed by atoms with E-state index in [-0.39, 0.29) is 22.4 Å².